The van der Waals surface area contributed by atoms with E-state index < -0.39 is 0 Å². The summed E-state index contributed by atoms with van der Waals surface area (Å²) in [7, 11) is 0. The molecule has 12 heavy (non-hydrogen) atoms. The molecular formula is C10H22N2. The van der Waals surface area contributed by atoms with Crippen molar-refractivity contribution in [2.75, 3.05) is 6.54 Å². The van der Waals surface area contributed by atoms with Gasteiger partial charge in [0, 0.05) is 11.6 Å². The Balaban J connectivity index is 1.95. The van der Waals surface area contributed by atoms with Crippen LogP contribution in [0.2, 0.25) is 0 Å². The Morgan fingerprint density at radius 2 is 2.17 bits per heavy atom. The first-order valence-electron chi connectivity index (χ1n) is 5.13. The molecule has 2 nitrogen and oxygen atoms in total. The molecule has 72 valence electrons. The molecule has 0 heterocycles. The molecule has 1 aliphatic carbocycles. The molecule has 1 aliphatic rings. The predicted octanol–water partition coefficient (Wildman–Crippen LogP) is 1.65. The van der Waals surface area contributed by atoms with Crippen LogP contribution >= 0.6 is 0 Å². The monoisotopic (exact) mass is 170 g/mol. The Labute approximate surface area is 75.9 Å². The van der Waals surface area contributed by atoms with Gasteiger partial charge in [-0.3, -0.25) is 0 Å². The fourth-order valence-corrected chi connectivity index (χ4v) is 1.70. The van der Waals surface area contributed by atoms with Gasteiger partial charge < -0.3 is 11.1 Å². The maximum absolute atomic E-state index is 5.66. The van der Waals surface area contributed by atoms with Gasteiger partial charge in [-0.25, -0.2) is 0 Å². The SMILES string of the molecule is CC(N)CCCNC1(C)CCC1. The largest absolute Gasteiger partial charge is 0.328 e. The Morgan fingerprint density at radius 3 is 2.58 bits per heavy atom. The van der Waals surface area contributed by atoms with Gasteiger partial charge in [0.1, 0.15) is 0 Å². The molecule has 0 aliphatic heterocycles. The average Bonchev–Trinajstić information content (AvgIpc) is 1.94. The standard InChI is InChI=1S/C10H22N2/c1-9(11)5-3-8-12-10(2)6-4-7-10/h9,12H,3-8,11H2,1-2H3. The van der Waals surface area contributed by atoms with Crippen molar-refractivity contribution in [3.8, 4) is 0 Å². The molecule has 0 radical (unpaired) electrons. The number of rotatable bonds is 5. The van der Waals surface area contributed by atoms with Crippen molar-refractivity contribution in [3.63, 3.8) is 0 Å². The molecule has 2 heteroatoms. The van der Waals surface area contributed by atoms with Crippen LogP contribution in [0.25, 0.3) is 0 Å². The lowest BCUT2D eigenvalue weighted by Crippen LogP contribution is -2.48. The highest BCUT2D eigenvalue weighted by Crippen LogP contribution is 2.30. The zero-order valence-electron chi connectivity index (χ0n) is 8.40. The van der Waals surface area contributed by atoms with E-state index in [1.165, 1.54) is 25.7 Å². The first-order valence-corrected chi connectivity index (χ1v) is 5.13. The Morgan fingerprint density at radius 1 is 1.50 bits per heavy atom. The highest BCUT2D eigenvalue weighted by Gasteiger charge is 2.30. The van der Waals surface area contributed by atoms with Crippen molar-refractivity contribution in [2.45, 2.75) is 57.5 Å². The minimum atomic E-state index is 0.362. The van der Waals surface area contributed by atoms with Gasteiger partial charge in [-0.2, -0.15) is 0 Å². The van der Waals surface area contributed by atoms with Crippen LogP contribution in [0.4, 0.5) is 0 Å². The van der Waals surface area contributed by atoms with E-state index in [9.17, 15) is 0 Å². The molecule has 0 aromatic carbocycles. The fraction of sp³-hybridized carbons (Fsp3) is 1.00. The average molecular weight is 170 g/mol. The maximum Gasteiger partial charge on any atom is 0.0153 e. The van der Waals surface area contributed by atoms with Crippen LogP contribution in [0.15, 0.2) is 0 Å². The summed E-state index contributed by atoms with van der Waals surface area (Å²) in [5.41, 5.74) is 6.13. The number of nitrogens with one attached hydrogen (secondary N) is 1. The van der Waals surface area contributed by atoms with Gasteiger partial charge >= 0.3 is 0 Å². The lowest BCUT2D eigenvalue weighted by molar-refractivity contribution is 0.208. The summed E-state index contributed by atoms with van der Waals surface area (Å²) >= 11 is 0. The third kappa shape index (κ3) is 3.11. The van der Waals surface area contributed by atoms with Crippen molar-refractivity contribution in [1.29, 1.82) is 0 Å². The van der Waals surface area contributed by atoms with Gasteiger partial charge in [0.2, 0.25) is 0 Å². The van der Waals surface area contributed by atoms with E-state index in [4.69, 9.17) is 5.73 Å². The summed E-state index contributed by atoms with van der Waals surface area (Å²) in [5, 5.41) is 3.60. The van der Waals surface area contributed by atoms with Crippen LogP contribution in [0.5, 0.6) is 0 Å². The minimum absolute atomic E-state index is 0.362. The van der Waals surface area contributed by atoms with E-state index in [1.807, 2.05) is 0 Å². The molecule has 3 N–H and O–H groups in total. The third-order valence-corrected chi connectivity index (χ3v) is 2.85. The van der Waals surface area contributed by atoms with Crippen LogP contribution in [-0.2, 0) is 0 Å². The maximum atomic E-state index is 5.66. The van der Waals surface area contributed by atoms with Gasteiger partial charge in [-0.15, -0.1) is 0 Å². The molecule has 1 rings (SSSR count). The van der Waals surface area contributed by atoms with Crippen LogP contribution in [-0.4, -0.2) is 18.1 Å². The quantitative estimate of drug-likeness (QED) is 0.616. The molecule has 0 saturated heterocycles. The van der Waals surface area contributed by atoms with E-state index in [0.717, 1.165) is 13.0 Å². The summed E-state index contributed by atoms with van der Waals surface area (Å²) in [6, 6.07) is 0.362. The summed E-state index contributed by atoms with van der Waals surface area (Å²) in [4.78, 5) is 0. The summed E-state index contributed by atoms with van der Waals surface area (Å²) in [6.45, 7) is 5.53. The van der Waals surface area contributed by atoms with E-state index in [-0.39, 0.29) is 0 Å². The van der Waals surface area contributed by atoms with Crippen LogP contribution in [0.1, 0.15) is 46.0 Å². The number of hydrogen-bond donors (Lipinski definition) is 2. The highest BCUT2D eigenvalue weighted by molar-refractivity contribution is 4.91. The zero-order valence-corrected chi connectivity index (χ0v) is 8.40. The molecule has 1 fully saturated rings. The van der Waals surface area contributed by atoms with Gasteiger partial charge in [0.05, 0.1) is 0 Å². The molecule has 1 unspecified atom stereocenters. The lowest BCUT2D eigenvalue weighted by atomic mass is 9.78. The molecular weight excluding hydrogens is 148 g/mol. The van der Waals surface area contributed by atoms with E-state index >= 15 is 0 Å². The van der Waals surface area contributed by atoms with E-state index in [0.29, 0.717) is 11.6 Å². The third-order valence-electron chi connectivity index (χ3n) is 2.85. The Kier molecular flexibility index (Phi) is 3.53. The number of nitrogens with two attached hydrogens (primary N) is 1. The zero-order chi connectivity index (χ0) is 9.03. The summed E-state index contributed by atoms with van der Waals surface area (Å²) < 4.78 is 0. The van der Waals surface area contributed by atoms with E-state index in [1.54, 1.807) is 0 Å². The Hall–Kier alpha value is -0.0800. The molecule has 0 bridgehead atoms. The van der Waals surface area contributed by atoms with Gasteiger partial charge in [-0.1, -0.05) is 0 Å². The predicted molar refractivity (Wildman–Crippen MR) is 53.1 cm³/mol. The summed E-state index contributed by atoms with van der Waals surface area (Å²) in [5.74, 6) is 0. The molecule has 1 atom stereocenters. The second-order valence-corrected chi connectivity index (χ2v) is 4.46. The van der Waals surface area contributed by atoms with Gasteiger partial charge in [-0.05, 0) is 52.5 Å². The summed E-state index contributed by atoms with van der Waals surface area (Å²) in [6.07, 6.45) is 6.46. The van der Waals surface area contributed by atoms with Crippen molar-refractivity contribution in [2.24, 2.45) is 5.73 Å². The van der Waals surface area contributed by atoms with Gasteiger partial charge in [0.25, 0.3) is 0 Å². The molecule has 1 saturated carbocycles. The minimum Gasteiger partial charge on any atom is -0.328 e. The van der Waals surface area contributed by atoms with Crippen LogP contribution in [0.3, 0.4) is 0 Å². The van der Waals surface area contributed by atoms with Gasteiger partial charge in [0.15, 0.2) is 0 Å². The van der Waals surface area contributed by atoms with Crippen molar-refractivity contribution < 1.29 is 0 Å². The second kappa shape index (κ2) is 4.24. The van der Waals surface area contributed by atoms with Crippen molar-refractivity contribution >= 4 is 0 Å². The van der Waals surface area contributed by atoms with Crippen LogP contribution in [0, 0.1) is 0 Å². The highest BCUT2D eigenvalue weighted by atomic mass is 15.0. The topological polar surface area (TPSA) is 38.0 Å². The van der Waals surface area contributed by atoms with Crippen molar-refractivity contribution in [1.82, 2.24) is 5.32 Å². The molecule has 0 aromatic heterocycles. The lowest BCUT2D eigenvalue weighted by Gasteiger charge is -2.39. The normalized spacial score (nSPS) is 23.2. The smallest absolute Gasteiger partial charge is 0.0153 e. The first kappa shape index (κ1) is 10.0. The van der Waals surface area contributed by atoms with Crippen LogP contribution < -0.4 is 11.1 Å². The van der Waals surface area contributed by atoms with E-state index in [2.05, 4.69) is 19.2 Å². The fourth-order valence-electron chi connectivity index (χ4n) is 1.70. The van der Waals surface area contributed by atoms with Crippen molar-refractivity contribution in [3.05, 3.63) is 0 Å². The first-order chi connectivity index (χ1) is 5.62. The Bertz CT molecular complexity index is 128. The number of hydrogen-bond acceptors (Lipinski definition) is 2. The molecule has 0 amide bonds. The second-order valence-electron chi connectivity index (χ2n) is 4.46. The molecule has 0 spiro atoms. The molecule has 0 aromatic rings.